The molecule has 2 rings (SSSR count). The van der Waals surface area contributed by atoms with Gasteiger partial charge in [0.15, 0.2) is 0 Å². The molecule has 1 aromatic heterocycles. The average Bonchev–Trinajstić information content (AvgIpc) is 2.62. The van der Waals surface area contributed by atoms with Crippen LogP contribution in [0.15, 0.2) is 6.07 Å². The number of nitrogens with two attached hydrogens (primary N) is 1. The number of hydrogen-bond acceptors (Lipinski definition) is 6. The van der Waals surface area contributed by atoms with Crippen LogP contribution in [-0.2, 0) is 4.79 Å². The zero-order valence-electron chi connectivity index (χ0n) is 11.3. The number of nitrogen functional groups attached to an aromatic ring is 1. The Morgan fingerprint density at radius 3 is 2.95 bits per heavy atom. The van der Waals surface area contributed by atoms with Gasteiger partial charge in [-0.2, -0.15) is 0 Å². The third-order valence-corrected chi connectivity index (χ3v) is 2.98. The second kappa shape index (κ2) is 5.83. The zero-order valence-corrected chi connectivity index (χ0v) is 11.3. The van der Waals surface area contributed by atoms with Crippen molar-refractivity contribution in [1.82, 2.24) is 15.3 Å². The zero-order chi connectivity index (χ0) is 13.8. The first-order valence-electron chi connectivity index (χ1n) is 6.47. The lowest BCUT2D eigenvalue weighted by Gasteiger charge is -2.21. The molecule has 0 radical (unpaired) electrons. The predicted molar refractivity (Wildman–Crippen MR) is 73.8 cm³/mol. The van der Waals surface area contributed by atoms with Gasteiger partial charge in [-0.25, -0.2) is 15.8 Å². The Bertz CT molecular complexity index is 462. The number of carbonyl (C=O) groups is 1. The smallest absolute Gasteiger partial charge is 0.239 e. The second-order valence-corrected chi connectivity index (χ2v) is 4.89. The third-order valence-electron chi connectivity index (χ3n) is 2.98. The second-order valence-electron chi connectivity index (χ2n) is 4.89. The lowest BCUT2D eigenvalue weighted by Crippen LogP contribution is -2.33. The number of hydrazine groups is 1. The van der Waals surface area contributed by atoms with E-state index in [4.69, 9.17) is 5.84 Å². The van der Waals surface area contributed by atoms with Gasteiger partial charge >= 0.3 is 0 Å². The van der Waals surface area contributed by atoms with E-state index in [0.717, 1.165) is 24.6 Å². The monoisotopic (exact) mass is 264 g/mol. The maximum atomic E-state index is 11.6. The van der Waals surface area contributed by atoms with Crippen molar-refractivity contribution in [3.8, 4) is 0 Å². The molecule has 7 heteroatoms. The summed E-state index contributed by atoms with van der Waals surface area (Å²) >= 11 is 0. The van der Waals surface area contributed by atoms with E-state index >= 15 is 0 Å². The fourth-order valence-corrected chi connectivity index (χ4v) is 1.95. The first-order chi connectivity index (χ1) is 9.10. The first kappa shape index (κ1) is 13.5. The van der Waals surface area contributed by atoms with Gasteiger partial charge in [0.1, 0.15) is 17.5 Å². The highest BCUT2D eigenvalue weighted by Crippen LogP contribution is 2.20. The minimum Gasteiger partial charge on any atom is -0.354 e. The molecule has 0 aliphatic carbocycles. The highest BCUT2D eigenvalue weighted by atomic mass is 16.2. The summed E-state index contributed by atoms with van der Waals surface area (Å²) in [5, 5.41) is 2.85. The molecule has 0 bridgehead atoms. The van der Waals surface area contributed by atoms with Crippen molar-refractivity contribution >= 4 is 17.5 Å². The molecule has 1 fully saturated rings. The molecule has 1 aliphatic rings. The third kappa shape index (κ3) is 3.31. The van der Waals surface area contributed by atoms with Gasteiger partial charge in [-0.3, -0.25) is 4.79 Å². The van der Waals surface area contributed by atoms with Gasteiger partial charge in [0.2, 0.25) is 5.91 Å². The summed E-state index contributed by atoms with van der Waals surface area (Å²) in [6.45, 7) is 5.86. The van der Waals surface area contributed by atoms with E-state index in [9.17, 15) is 4.79 Å². The van der Waals surface area contributed by atoms with Crippen molar-refractivity contribution < 1.29 is 4.79 Å². The molecule has 0 atom stereocenters. The molecule has 1 saturated heterocycles. The molecule has 4 N–H and O–H groups in total. The first-order valence-corrected chi connectivity index (χ1v) is 6.47. The van der Waals surface area contributed by atoms with Gasteiger partial charge < -0.3 is 15.6 Å². The molecule has 0 aromatic carbocycles. The summed E-state index contributed by atoms with van der Waals surface area (Å²) in [6, 6.07) is 1.77. The highest BCUT2D eigenvalue weighted by molar-refractivity contribution is 5.81. The normalized spacial score (nSPS) is 16.2. The van der Waals surface area contributed by atoms with Crippen LogP contribution in [-0.4, -0.2) is 35.5 Å². The molecular weight excluding hydrogens is 244 g/mol. The SMILES string of the molecule is CC(C)c1nc(NN)cc(N2CCCNC(=O)C2)n1. The predicted octanol–water partition coefficient (Wildman–Crippen LogP) is 0.212. The minimum absolute atomic E-state index is 0.0180. The Balaban J connectivity index is 2.31. The summed E-state index contributed by atoms with van der Waals surface area (Å²) in [6.07, 6.45) is 0.901. The molecule has 1 aromatic rings. The largest absolute Gasteiger partial charge is 0.354 e. The summed E-state index contributed by atoms with van der Waals surface area (Å²) in [7, 11) is 0. The average molecular weight is 264 g/mol. The van der Waals surface area contributed by atoms with Crippen LogP contribution in [0.4, 0.5) is 11.6 Å². The van der Waals surface area contributed by atoms with Crippen molar-refractivity contribution in [2.75, 3.05) is 30.0 Å². The van der Waals surface area contributed by atoms with Gasteiger partial charge in [0.05, 0.1) is 6.54 Å². The van der Waals surface area contributed by atoms with Gasteiger partial charge in [0.25, 0.3) is 0 Å². The lowest BCUT2D eigenvalue weighted by atomic mass is 10.2. The maximum absolute atomic E-state index is 11.6. The Morgan fingerprint density at radius 1 is 1.47 bits per heavy atom. The number of nitrogens with one attached hydrogen (secondary N) is 2. The van der Waals surface area contributed by atoms with Crippen LogP contribution in [0.3, 0.4) is 0 Å². The van der Waals surface area contributed by atoms with E-state index in [1.807, 2.05) is 18.7 Å². The molecule has 19 heavy (non-hydrogen) atoms. The van der Waals surface area contributed by atoms with Crippen LogP contribution in [0, 0.1) is 0 Å². The van der Waals surface area contributed by atoms with E-state index in [-0.39, 0.29) is 11.8 Å². The number of anilines is 2. The molecule has 0 spiro atoms. The Labute approximate surface area is 112 Å². The van der Waals surface area contributed by atoms with Crippen LogP contribution < -0.4 is 21.5 Å². The Hall–Kier alpha value is -1.89. The summed E-state index contributed by atoms with van der Waals surface area (Å²) in [4.78, 5) is 22.4. The van der Waals surface area contributed by atoms with Crippen molar-refractivity contribution in [3.63, 3.8) is 0 Å². The fraction of sp³-hybridized carbons (Fsp3) is 0.583. The van der Waals surface area contributed by atoms with Gasteiger partial charge in [0, 0.05) is 25.1 Å². The van der Waals surface area contributed by atoms with Crippen LogP contribution in [0.2, 0.25) is 0 Å². The van der Waals surface area contributed by atoms with Crippen LogP contribution in [0.1, 0.15) is 32.0 Å². The fourth-order valence-electron chi connectivity index (χ4n) is 1.95. The maximum Gasteiger partial charge on any atom is 0.239 e. The quantitative estimate of drug-likeness (QED) is 0.533. The van der Waals surface area contributed by atoms with Crippen LogP contribution in [0.25, 0.3) is 0 Å². The summed E-state index contributed by atoms with van der Waals surface area (Å²) in [5.74, 6) is 7.68. The summed E-state index contributed by atoms with van der Waals surface area (Å²) in [5.41, 5.74) is 2.55. The molecule has 2 heterocycles. The molecule has 0 unspecified atom stereocenters. The molecule has 1 amide bonds. The number of rotatable bonds is 3. The molecule has 1 aliphatic heterocycles. The Kier molecular flexibility index (Phi) is 4.16. The van der Waals surface area contributed by atoms with Crippen molar-refractivity contribution in [1.29, 1.82) is 0 Å². The molecule has 104 valence electrons. The number of amides is 1. The van der Waals surface area contributed by atoms with Crippen molar-refractivity contribution in [2.24, 2.45) is 5.84 Å². The van der Waals surface area contributed by atoms with E-state index in [2.05, 4.69) is 20.7 Å². The number of hydrogen-bond donors (Lipinski definition) is 3. The number of aromatic nitrogens is 2. The molecule has 7 nitrogen and oxygen atoms in total. The van der Waals surface area contributed by atoms with Crippen molar-refractivity contribution in [2.45, 2.75) is 26.2 Å². The van der Waals surface area contributed by atoms with Gasteiger partial charge in [-0.1, -0.05) is 13.8 Å². The topological polar surface area (TPSA) is 96.2 Å². The van der Waals surface area contributed by atoms with Gasteiger partial charge in [-0.05, 0) is 6.42 Å². The van der Waals surface area contributed by atoms with Crippen molar-refractivity contribution in [3.05, 3.63) is 11.9 Å². The van der Waals surface area contributed by atoms with Crippen LogP contribution >= 0.6 is 0 Å². The lowest BCUT2D eigenvalue weighted by molar-refractivity contribution is -0.119. The van der Waals surface area contributed by atoms with E-state index in [1.165, 1.54) is 0 Å². The Morgan fingerprint density at radius 2 is 2.26 bits per heavy atom. The molecular formula is C12H20N6O. The van der Waals surface area contributed by atoms with Gasteiger partial charge in [-0.15, -0.1) is 0 Å². The summed E-state index contributed by atoms with van der Waals surface area (Å²) < 4.78 is 0. The van der Waals surface area contributed by atoms with Crippen LogP contribution in [0.5, 0.6) is 0 Å². The standard InChI is InChI=1S/C12H20N6O/c1-8(2)12-15-9(17-13)6-10(16-12)18-5-3-4-14-11(19)7-18/h6,8H,3-5,7,13H2,1-2H3,(H,14,19)(H,15,16,17). The molecule has 0 saturated carbocycles. The van der Waals surface area contributed by atoms with E-state index < -0.39 is 0 Å². The number of nitrogens with zero attached hydrogens (tertiary/aromatic N) is 3. The van der Waals surface area contributed by atoms with E-state index in [1.54, 1.807) is 6.07 Å². The highest BCUT2D eigenvalue weighted by Gasteiger charge is 2.18. The minimum atomic E-state index is 0.0180. The number of carbonyl (C=O) groups excluding carboxylic acids is 1. The van der Waals surface area contributed by atoms with E-state index in [0.29, 0.717) is 18.9 Å².